The second kappa shape index (κ2) is 7.43. The van der Waals surface area contributed by atoms with Crippen LogP contribution in [0.25, 0.3) is 0 Å². The van der Waals surface area contributed by atoms with Gasteiger partial charge in [0.15, 0.2) is 11.5 Å². The molecular weight excluding hydrogens is 266 g/mol. The molecule has 0 unspecified atom stereocenters. The van der Waals surface area contributed by atoms with E-state index in [0.29, 0.717) is 18.9 Å². The standard InChI is InChI=1S/C17H21NO3/c1-3-10-20-15-6-4-5-7-16(15)21-12-13-8-9-14(18)11-17(13)19-2/h4-9,11H,3,10,12,18H2,1-2H3. The van der Waals surface area contributed by atoms with Gasteiger partial charge in [-0.1, -0.05) is 19.1 Å². The fourth-order valence-electron chi connectivity index (χ4n) is 1.94. The van der Waals surface area contributed by atoms with Gasteiger partial charge in [-0.15, -0.1) is 0 Å². The number of benzene rings is 2. The molecule has 2 rings (SSSR count). The van der Waals surface area contributed by atoms with Crippen molar-refractivity contribution < 1.29 is 14.2 Å². The van der Waals surface area contributed by atoms with Crippen molar-refractivity contribution >= 4 is 5.69 Å². The van der Waals surface area contributed by atoms with Gasteiger partial charge in [0.05, 0.1) is 13.7 Å². The Kier molecular flexibility index (Phi) is 5.32. The first-order valence-corrected chi connectivity index (χ1v) is 7.01. The van der Waals surface area contributed by atoms with Gasteiger partial charge in [0.2, 0.25) is 0 Å². The molecule has 112 valence electrons. The van der Waals surface area contributed by atoms with Crippen LogP contribution in [0.5, 0.6) is 17.2 Å². The predicted octanol–water partition coefficient (Wildman–Crippen LogP) is 3.65. The Bertz CT molecular complexity index is 584. The maximum atomic E-state index is 5.86. The highest BCUT2D eigenvalue weighted by Gasteiger charge is 2.07. The van der Waals surface area contributed by atoms with Gasteiger partial charge in [-0.25, -0.2) is 0 Å². The molecule has 0 aromatic heterocycles. The molecule has 0 atom stereocenters. The summed E-state index contributed by atoms with van der Waals surface area (Å²) in [5, 5.41) is 0. The minimum atomic E-state index is 0.399. The minimum Gasteiger partial charge on any atom is -0.496 e. The maximum absolute atomic E-state index is 5.86. The third kappa shape index (κ3) is 4.05. The van der Waals surface area contributed by atoms with E-state index in [1.54, 1.807) is 13.2 Å². The number of methoxy groups -OCH3 is 1. The molecule has 4 heteroatoms. The molecule has 0 aliphatic rings. The van der Waals surface area contributed by atoms with E-state index in [1.165, 1.54) is 0 Å². The van der Waals surface area contributed by atoms with Crippen LogP contribution in [0, 0.1) is 0 Å². The highest BCUT2D eigenvalue weighted by atomic mass is 16.5. The van der Waals surface area contributed by atoms with Crippen molar-refractivity contribution in [2.45, 2.75) is 20.0 Å². The zero-order chi connectivity index (χ0) is 15.1. The molecule has 4 nitrogen and oxygen atoms in total. The molecule has 0 heterocycles. The van der Waals surface area contributed by atoms with Crippen LogP contribution in [0.1, 0.15) is 18.9 Å². The summed E-state index contributed by atoms with van der Waals surface area (Å²) < 4.78 is 16.8. The molecule has 0 saturated carbocycles. The van der Waals surface area contributed by atoms with E-state index in [9.17, 15) is 0 Å². The largest absolute Gasteiger partial charge is 0.496 e. The number of para-hydroxylation sites is 2. The average Bonchev–Trinajstić information content (AvgIpc) is 2.52. The van der Waals surface area contributed by atoms with E-state index >= 15 is 0 Å². The van der Waals surface area contributed by atoms with Crippen LogP contribution >= 0.6 is 0 Å². The molecule has 2 aromatic rings. The van der Waals surface area contributed by atoms with Crippen molar-refractivity contribution in [3.63, 3.8) is 0 Å². The van der Waals surface area contributed by atoms with Crippen LogP contribution in [0.4, 0.5) is 5.69 Å². The van der Waals surface area contributed by atoms with E-state index < -0.39 is 0 Å². The smallest absolute Gasteiger partial charge is 0.161 e. The van der Waals surface area contributed by atoms with Crippen molar-refractivity contribution in [2.75, 3.05) is 19.5 Å². The molecule has 2 aromatic carbocycles. The van der Waals surface area contributed by atoms with Crippen molar-refractivity contribution in [1.82, 2.24) is 0 Å². The van der Waals surface area contributed by atoms with Gasteiger partial charge in [0.1, 0.15) is 12.4 Å². The van der Waals surface area contributed by atoms with E-state index in [4.69, 9.17) is 19.9 Å². The lowest BCUT2D eigenvalue weighted by Crippen LogP contribution is -2.02. The lowest BCUT2D eigenvalue weighted by atomic mass is 10.2. The number of hydrogen-bond acceptors (Lipinski definition) is 4. The van der Waals surface area contributed by atoms with Crippen LogP contribution in [-0.2, 0) is 6.61 Å². The fraction of sp³-hybridized carbons (Fsp3) is 0.294. The Labute approximate surface area is 125 Å². The summed E-state index contributed by atoms with van der Waals surface area (Å²) >= 11 is 0. The summed E-state index contributed by atoms with van der Waals surface area (Å²) in [5.74, 6) is 2.21. The lowest BCUT2D eigenvalue weighted by Gasteiger charge is -2.14. The normalized spacial score (nSPS) is 10.2. The van der Waals surface area contributed by atoms with Gasteiger partial charge in [0.25, 0.3) is 0 Å². The Hall–Kier alpha value is -2.36. The van der Waals surface area contributed by atoms with Crippen molar-refractivity contribution in [3.8, 4) is 17.2 Å². The molecule has 0 saturated heterocycles. The van der Waals surface area contributed by atoms with Gasteiger partial charge >= 0.3 is 0 Å². The molecule has 0 fully saturated rings. The van der Waals surface area contributed by atoms with Crippen molar-refractivity contribution in [2.24, 2.45) is 0 Å². The zero-order valence-corrected chi connectivity index (χ0v) is 12.5. The van der Waals surface area contributed by atoms with Crippen LogP contribution in [0.2, 0.25) is 0 Å². The summed E-state index contributed by atoms with van der Waals surface area (Å²) in [4.78, 5) is 0. The second-order valence-electron chi connectivity index (χ2n) is 4.66. The van der Waals surface area contributed by atoms with Crippen molar-refractivity contribution in [1.29, 1.82) is 0 Å². The van der Waals surface area contributed by atoms with Crippen LogP contribution < -0.4 is 19.9 Å². The summed E-state index contributed by atoms with van der Waals surface area (Å²) in [7, 11) is 1.62. The Morgan fingerprint density at radius 3 is 2.33 bits per heavy atom. The number of hydrogen-bond donors (Lipinski definition) is 1. The van der Waals surface area contributed by atoms with Crippen LogP contribution in [0.3, 0.4) is 0 Å². The van der Waals surface area contributed by atoms with E-state index in [0.717, 1.165) is 29.2 Å². The monoisotopic (exact) mass is 287 g/mol. The Morgan fingerprint density at radius 2 is 1.67 bits per heavy atom. The molecule has 0 spiro atoms. The number of ether oxygens (including phenoxy) is 3. The number of rotatable bonds is 7. The Morgan fingerprint density at radius 1 is 0.952 bits per heavy atom. The first kappa shape index (κ1) is 15.0. The highest BCUT2D eigenvalue weighted by molar-refractivity contribution is 5.48. The quantitative estimate of drug-likeness (QED) is 0.790. The van der Waals surface area contributed by atoms with Gasteiger partial charge in [-0.05, 0) is 30.7 Å². The van der Waals surface area contributed by atoms with Gasteiger partial charge in [-0.3, -0.25) is 0 Å². The summed E-state index contributed by atoms with van der Waals surface area (Å²) in [5.41, 5.74) is 7.36. The van der Waals surface area contributed by atoms with Gasteiger partial charge in [-0.2, -0.15) is 0 Å². The third-order valence-corrected chi connectivity index (χ3v) is 3.01. The molecule has 21 heavy (non-hydrogen) atoms. The van der Waals surface area contributed by atoms with Gasteiger partial charge in [0, 0.05) is 17.3 Å². The number of nitrogens with two attached hydrogens (primary N) is 1. The van der Waals surface area contributed by atoms with E-state index in [2.05, 4.69) is 6.92 Å². The second-order valence-corrected chi connectivity index (χ2v) is 4.66. The Balaban J connectivity index is 2.09. The highest BCUT2D eigenvalue weighted by Crippen LogP contribution is 2.29. The third-order valence-electron chi connectivity index (χ3n) is 3.01. The predicted molar refractivity (Wildman–Crippen MR) is 84.0 cm³/mol. The topological polar surface area (TPSA) is 53.7 Å². The van der Waals surface area contributed by atoms with Crippen LogP contribution in [0.15, 0.2) is 42.5 Å². The minimum absolute atomic E-state index is 0.399. The van der Waals surface area contributed by atoms with E-state index in [-0.39, 0.29) is 0 Å². The summed E-state index contributed by atoms with van der Waals surface area (Å²) in [6.07, 6.45) is 0.958. The molecule has 0 aliphatic heterocycles. The molecule has 0 amide bonds. The maximum Gasteiger partial charge on any atom is 0.161 e. The molecule has 0 radical (unpaired) electrons. The molecule has 0 bridgehead atoms. The average molecular weight is 287 g/mol. The van der Waals surface area contributed by atoms with Crippen LogP contribution in [-0.4, -0.2) is 13.7 Å². The number of anilines is 1. The molecular formula is C17H21NO3. The zero-order valence-electron chi connectivity index (χ0n) is 12.5. The first-order valence-electron chi connectivity index (χ1n) is 7.01. The number of nitrogen functional groups attached to an aromatic ring is 1. The van der Waals surface area contributed by atoms with Gasteiger partial charge < -0.3 is 19.9 Å². The molecule has 0 aliphatic carbocycles. The first-order chi connectivity index (χ1) is 10.2. The molecule has 2 N–H and O–H groups in total. The lowest BCUT2D eigenvalue weighted by molar-refractivity contribution is 0.258. The summed E-state index contributed by atoms with van der Waals surface area (Å²) in [6.45, 7) is 3.14. The summed E-state index contributed by atoms with van der Waals surface area (Å²) in [6, 6.07) is 13.2. The van der Waals surface area contributed by atoms with Crippen molar-refractivity contribution in [3.05, 3.63) is 48.0 Å². The van der Waals surface area contributed by atoms with E-state index in [1.807, 2.05) is 36.4 Å². The SMILES string of the molecule is CCCOc1ccccc1OCc1ccc(N)cc1OC. The fourth-order valence-corrected chi connectivity index (χ4v) is 1.94.